The highest BCUT2D eigenvalue weighted by Gasteiger charge is 2.54. The van der Waals surface area contributed by atoms with E-state index in [0.717, 1.165) is 44.9 Å². The second kappa shape index (κ2) is 72.8. The van der Waals surface area contributed by atoms with Gasteiger partial charge in [-0.05, 0) is 12.8 Å². The van der Waals surface area contributed by atoms with E-state index in [1.165, 1.54) is 372 Å². The van der Waals surface area contributed by atoms with Crippen molar-refractivity contribution < 1.29 is 89.4 Å². The summed E-state index contributed by atoms with van der Waals surface area (Å²) in [5, 5.41) is 121. The average Bonchev–Trinajstić information content (AvgIpc) is 0.780. The Hall–Kier alpha value is -1.21. The maximum Gasteiger partial charge on any atom is 0.220 e. The molecule has 0 bridgehead atoms. The van der Waals surface area contributed by atoms with Gasteiger partial charge in [-0.3, -0.25) is 4.79 Å². The van der Waals surface area contributed by atoms with Crippen LogP contribution in [-0.2, 0) is 33.2 Å². The maximum absolute atomic E-state index is 13.6. The molecule has 3 saturated heterocycles. The van der Waals surface area contributed by atoms with E-state index in [2.05, 4.69) is 19.2 Å². The van der Waals surface area contributed by atoms with Gasteiger partial charge in [0.05, 0.1) is 38.6 Å². The highest BCUT2D eigenvalue weighted by Crippen LogP contribution is 2.34. The molecule has 19 nitrogen and oxygen atoms in total. The van der Waals surface area contributed by atoms with Crippen molar-refractivity contribution in [3.05, 3.63) is 0 Å². The Bertz CT molecular complexity index is 2000. The van der Waals surface area contributed by atoms with E-state index in [1.54, 1.807) is 0 Å². The van der Waals surface area contributed by atoms with Crippen molar-refractivity contribution in [2.24, 2.45) is 0 Å². The molecule has 0 aromatic heterocycles. The van der Waals surface area contributed by atoms with Crippen LogP contribution in [0, 0.1) is 0 Å². The van der Waals surface area contributed by atoms with E-state index in [4.69, 9.17) is 28.4 Å². The van der Waals surface area contributed by atoms with E-state index >= 15 is 0 Å². The number of ether oxygens (including phenoxy) is 6. The molecule has 19 heteroatoms. The summed E-state index contributed by atoms with van der Waals surface area (Å²) in [5.41, 5.74) is 0. The van der Waals surface area contributed by atoms with Gasteiger partial charge in [0.2, 0.25) is 5.91 Å². The minimum absolute atomic E-state index is 0.230. The molecule has 17 atom stereocenters. The molecule has 3 heterocycles. The maximum atomic E-state index is 13.6. The van der Waals surface area contributed by atoms with Crippen LogP contribution in [-0.4, -0.2) is 193 Å². The molecule has 3 aliphatic heterocycles. The van der Waals surface area contributed by atoms with Crippen molar-refractivity contribution in [3.63, 3.8) is 0 Å². The zero-order valence-corrected chi connectivity index (χ0v) is 71.5. The number of amides is 1. The summed E-state index contributed by atoms with van der Waals surface area (Å²) in [7, 11) is 0. The Balaban J connectivity index is 1.28. The molecule has 111 heavy (non-hydrogen) atoms. The fourth-order valence-corrected chi connectivity index (χ4v) is 16.9. The molecular weight excluding hydrogens is 1410 g/mol. The third-order valence-electron chi connectivity index (χ3n) is 24.4. The van der Waals surface area contributed by atoms with Crippen LogP contribution in [0.4, 0.5) is 0 Å². The molecule has 0 radical (unpaired) electrons. The fraction of sp³-hybridized carbons (Fsp3) is 0.989. The van der Waals surface area contributed by atoms with Gasteiger partial charge in [0, 0.05) is 6.42 Å². The van der Waals surface area contributed by atoms with Gasteiger partial charge in [0.1, 0.15) is 73.2 Å². The molecule has 17 unspecified atom stereocenters. The largest absolute Gasteiger partial charge is 0.394 e. The second-order valence-corrected chi connectivity index (χ2v) is 34.6. The molecule has 3 fully saturated rings. The van der Waals surface area contributed by atoms with Crippen molar-refractivity contribution in [3.8, 4) is 0 Å². The van der Waals surface area contributed by atoms with Crippen molar-refractivity contribution >= 4 is 5.91 Å². The monoisotopic (exact) mass is 1590 g/mol. The van der Waals surface area contributed by atoms with E-state index in [9.17, 15) is 61.0 Å². The number of aliphatic hydroxyl groups is 11. The lowest BCUT2D eigenvalue weighted by Crippen LogP contribution is -2.66. The molecule has 3 aliphatic rings. The van der Waals surface area contributed by atoms with Crippen LogP contribution >= 0.6 is 0 Å². The van der Waals surface area contributed by atoms with Gasteiger partial charge >= 0.3 is 0 Å². The predicted octanol–water partition coefficient (Wildman–Crippen LogP) is 18.9. The Kier molecular flexibility index (Phi) is 68.2. The van der Waals surface area contributed by atoms with Crippen LogP contribution < -0.4 is 5.32 Å². The molecule has 12 N–H and O–H groups in total. The van der Waals surface area contributed by atoms with E-state index in [-0.39, 0.29) is 18.9 Å². The van der Waals surface area contributed by atoms with Crippen LogP contribution in [0.5, 0.6) is 0 Å². The van der Waals surface area contributed by atoms with E-state index < -0.39 is 124 Å². The average molecular weight is 1590 g/mol. The highest BCUT2D eigenvalue weighted by atomic mass is 16.8. The normalized spacial score (nSPS) is 24.9. The van der Waals surface area contributed by atoms with E-state index in [0.29, 0.717) is 12.8 Å². The van der Waals surface area contributed by atoms with Gasteiger partial charge in [-0.15, -0.1) is 0 Å². The number of carbonyl (C=O) groups is 1. The first-order chi connectivity index (χ1) is 54.3. The smallest absolute Gasteiger partial charge is 0.220 e. The van der Waals surface area contributed by atoms with Gasteiger partial charge in [0.15, 0.2) is 18.9 Å². The van der Waals surface area contributed by atoms with Gasteiger partial charge < -0.3 is 89.9 Å². The predicted molar refractivity (Wildman–Crippen MR) is 448 cm³/mol. The first-order valence-electron chi connectivity index (χ1n) is 47.8. The third kappa shape index (κ3) is 51.1. The van der Waals surface area contributed by atoms with Crippen molar-refractivity contribution in [1.29, 1.82) is 0 Å². The van der Waals surface area contributed by atoms with Crippen molar-refractivity contribution in [1.82, 2.24) is 5.32 Å². The van der Waals surface area contributed by atoms with Crippen LogP contribution in [0.1, 0.15) is 450 Å². The first-order valence-corrected chi connectivity index (χ1v) is 47.8. The first kappa shape index (κ1) is 104. The summed E-state index contributed by atoms with van der Waals surface area (Å²) in [5.74, 6) is -0.230. The summed E-state index contributed by atoms with van der Waals surface area (Å²) < 4.78 is 34.6. The lowest BCUT2D eigenvalue weighted by atomic mass is 9.96. The minimum atomic E-state index is -1.97. The summed E-state index contributed by atoms with van der Waals surface area (Å²) in [4.78, 5) is 13.6. The van der Waals surface area contributed by atoms with Crippen LogP contribution in [0.2, 0.25) is 0 Å². The molecule has 1 amide bonds. The van der Waals surface area contributed by atoms with Crippen LogP contribution in [0.15, 0.2) is 0 Å². The standard InChI is InChI=1S/C92H179NO18/c1-3-5-7-9-11-13-15-17-19-21-23-25-27-29-31-32-33-34-35-36-37-38-39-40-41-42-44-46-48-50-52-54-56-58-60-62-64-66-68-70-80(98)93-75(76(97)69-67-65-63-61-59-57-55-53-51-49-47-45-43-30-28-26-24-22-20-18-16-14-12-10-8-6-4-2)74-106-90-86(104)83(101)88(78(72-95)108-90)111-92-87(105)84(102)89(79(73-96)109-92)110-91-85(103)82(100)81(99)77(71-94)107-91/h75-79,81-92,94-97,99-105H,3-74H2,1-2H3,(H,93,98). The lowest BCUT2D eigenvalue weighted by Gasteiger charge is -2.48. The number of rotatable bonds is 80. The second-order valence-electron chi connectivity index (χ2n) is 34.6. The fourth-order valence-electron chi connectivity index (χ4n) is 16.9. The van der Waals surface area contributed by atoms with Crippen molar-refractivity contribution in [2.75, 3.05) is 26.4 Å². The topological polar surface area (TPSA) is 307 Å². The third-order valence-corrected chi connectivity index (χ3v) is 24.4. The van der Waals surface area contributed by atoms with Crippen LogP contribution in [0.3, 0.4) is 0 Å². The Labute approximate surface area is 678 Å². The molecule has 0 aromatic rings. The SMILES string of the molecule is CCCCCCCCCCCCCCCCCCCCCCCCCCCCCCCCCCCCCCCCCC(=O)NC(COC1OC(CO)C(OC2OC(CO)C(OC3OC(CO)C(O)C(O)C3O)C(O)C2O)C(O)C1O)C(O)CCCCCCCCCCCCCCCCCCCCCCCCCCCCC. The number of hydrogen-bond acceptors (Lipinski definition) is 18. The van der Waals surface area contributed by atoms with Crippen molar-refractivity contribution in [2.45, 2.75) is 555 Å². The Morgan fingerprint density at radius 2 is 0.514 bits per heavy atom. The number of unbranched alkanes of at least 4 members (excludes halogenated alkanes) is 64. The summed E-state index contributed by atoms with van der Waals surface area (Å²) in [6.45, 7) is 1.90. The van der Waals surface area contributed by atoms with Gasteiger partial charge in [-0.1, -0.05) is 431 Å². The van der Waals surface area contributed by atoms with Gasteiger partial charge in [-0.2, -0.15) is 0 Å². The Morgan fingerprint density at radius 1 is 0.288 bits per heavy atom. The molecule has 0 spiro atoms. The van der Waals surface area contributed by atoms with Crippen LogP contribution in [0.25, 0.3) is 0 Å². The molecule has 0 aliphatic carbocycles. The molecule has 0 saturated carbocycles. The molecule has 3 rings (SSSR count). The molecule has 660 valence electrons. The van der Waals surface area contributed by atoms with Gasteiger partial charge in [-0.25, -0.2) is 0 Å². The summed E-state index contributed by atoms with van der Waals surface area (Å²) in [6.07, 6.45) is 62.4. The highest BCUT2D eigenvalue weighted by molar-refractivity contribution is 5.76. The lowest BCUT2D eigenvalue weighted by molar-refractivity contribution is -0.379. The molecule has 0 aromatic carbocycles. The number of carbonyl (C=O) groups excluding carboxylic acids is 1. The quantitative estimate of drug-likeness (QED) is 0.0252. The summed E-state index contributed by atoms with van der Waals surface area (Å²) >= 11 is 0. The Morgan fingerprint density at radius 3 is 0.784 bits per heavy atom. The van der Waals surface area contributed by atoms with E-state index in [1.807, 2.05) is 0 Å². The summed E-state index contributed by atoms with van der Waals surface area (Å²) in [6, 6.07) is -0.885. The molecular formula is C92H179NO18. The number of aliphatic hydroxyl groups excluding tert-OH is 11. The zero-order valence-electron chi connectivity index (χ0n) is 71.5. The number of nitrogens with one attached hydrogen (secondary N) is 1. The zero-order chi connectivity index (χ0) is 80.3. The minimum Gasteiger partial charge on any atom is -0.394 e. The number of hydrogen-bond donors (Lipinski definition) is 12. The van der Waals surface area contributed by atoms with Gasteiger partial charge in [0.25, 0.3) is 0 Å².